The highest BCUT2D eigenvalue weighted by molar-refractivity contribution is 5.86. The third kappa shape index (κ3) is 3.28. The van der Waals surface area contributed by atoms with E-state index in [0.29, 0.717) is 12.4 Å². The summed E-state index contributed by atoms with van der Waals surface area (Å²) < 4.78 is 4.56. The van der Waals surface area contributed by atoms with Crippen LogP contribution >= 0.6 is 0 Å². The number of rotatable bonds is 4. The first kappa shape index (κ1) is 13.0. The molecule has 0 aliphatic carbocycles. The largest absolute Gasteiger partial charge is 0.464 e. The van der Waals surface area contributed by atoms with Gasteiger partial charge in [-0.15, -0.1) is 10.2 Å². The molecule has 1 N–H and O–H groups in total. The second kappa shape index (κ2) is 5.95. The molecular formula is C14H15N3O2. The summed E-state index contributed by atoms with van der Waals surface area (Å²) in [5, 5.41) is 10.9. The van der Waals surface area contributed by atoms with Crippen LogP contribution in [0.1, 0.15) is 21.6 Å². The van der Waals surface area contributed by atoms with Gasteiger partial charge in [-0.05, 0) is 30.2 Å². The van der Waals surface area contributed by atoms with E-state index in [2.05, 4.69) is 39.3 Å². The molecule has 1 aromatic carbocycles. The molecule has 1 aromatic heterocycles. The van der Waals surface area contributed by atoms with Crippen LogP contribution in [0, 0.1) is 6.92 Å². The summed E-state index contributed by atoms with van der Waals surface area (Å²) >= 11 is 0. The highest BCUT2D eigenvalue weighted by Crippen LogP contribution is 2.10. The topological polar surface area (TPSA) is 64.1 Å². The molecule has 0 fully saturated rings. The number of carbonyl (C=O) groups is 1. The molecule has 2 aromatic rings. The highest BCUT2D eigenvalue weighted by Gasteiger charge is 2.07. The Hall–Kier alpha value is -2.43. The number of ether oxygens (including phenoxy) is 1. The zero-order chi connectivity index (χ0) is 13.7. The van der Waals surface area contributed by atoms with Gasteiger partial charge >= 0.3 is 5.97 Å². The van der Waals surface area contributed by atoms with Gasteiger partial charge in [-0.3, -0.25) is 0 Å². The molecule has 0 atom stereocenters. The normalized spacial score (nSPS) is 10.0. The lowest BCUT2D eigenvalue weighted by molar-refractivity contribution is 0.0593. The summed E-state index contributed by atoms with van der Waals surface area (Å²) in [6.07, 6.45) is 0. The van der Waals surface area contributed by atoms with E-state index in [9.17, 15) is 4.79 Å². The first-order valence-corrected chi connectivity index (χ1v) is 5.91. The van der Waals surface area contributed by atoms with Gasteiger partial charge in [0.25, 0.3) is 0 Å². The zero-order valence-corrected chi connectivity index (χ0v) is 10.9. The molecule has 5 nitrogen and oxygen atoms in total. The monoisotopic (exact) mass is 257 g/mol. The van der Waals surface area contributed by atoms with Gasteiger partial charge in [0.15, 0.2) is 5.69 Å². The van der Waals surface area contributed by atoms with Crippen molar-refractivity contribution in [3.63, 3.8) is 0 Å². The summed E-state index contributed by atoms with van der Waals surface area (Å²) in [6, 6.07) is 11.4. The molecular weight excluding hydrogens is 242 g/mol. The maximum atomic E-state index is 11.2. The van der Waals surface area contributed by atoms with E-state index in [-0.39, 0.29) is 5.69 Å². The molecule has 0 bridgehead atoms. The van der Waals surface area contributed by atoms with E-state index in [0.717, 1.165) is 0 Å². The van der Waals surface area contributed by atoms with Gasteiger partial charge in [0.05, 0.1) is 7.11 Å². The van der Waals surface area contributed by atoms with Crippen molar-refractivity contribution in [2.24, 2.45) is 0 Å². The van der Waals surface area contributed by atoms with Gasteiger partial charge < -0.3 is 10.1 Å². The number of hydrogen-bond donors (Lipinski definition) is 1. The molecule has 0 saturated carbocycles. The summed E-state index contributed by atoms with van der Waals surface area (Å²) in [6.45, 7) is 2.72. The fourth-order valence-electron chi connectivity index (χ4n) is 1.63. The van der Waals surface area contributed by atoms with Crippen molar-refractivity contribution in [2.45, 2.75) is 13.5 Å². The van der Waals surface area contributed by atoms with Gasteiger partial charge in [0.1, 0.15) is 5.82 Å². The number of methoxy groups -OCH3 is 1. The van der Waals surface area contributed by atoms with E-state index in [1.807, 2.05) is 12.1 Å². The summed E-state index contributed by atoms with van der Waals surface area (Å²) in [7, 11) is 1.31. The Morgan fingerprint density at radius 1 is 1.21 bits per heavy atom. The first-order chi connectivity index (χ1) is 9.20. The molecule has 0 aliphatic heterocycles. The van der Waals surface area contributed by atoms with Gasteiger partial charge in [-0.2, -0.15) is 0 Å². The number of esters is 1. The van der Waals surface area contributed by atoms with Crippen LogP contribution in [0.25, 0.3) is 0 Å². The third-order valence-corrected chi connectivity index (χ3v) is 2.78. The standard InChI is InChI=1S/C14H15N3O2/c1-10-5-3-4-6-11(10)9-15-13-8-7-12(16-17-13)14(18)19-2/h3-8H,9H2,1-2H3,(H,15,17). The van der Waals surface area contributed by atoms with Crippen molar-refractivity contribution >= 4 is 11.8 Å². The van der Waals surface area contributed by atoms with Crippen molar-refractivity contribution in [3.8, 4) is 0 Å². The van der Waals surface area contributed by atoms with Crippen LogP contribution in [0.4, 0.5) is 5.82 Å². The number of anilines is 1. The Balaban J connectivity index is 2.01. The molecule has 19 heavy (non-hydrogen) atoms. The predicted molar refractivity (Wildman–Crippen MR) is 71.9 cm³/mol. The summed E-state index contributed by atoms with van der Waals surface area (Å²) in [5.41, 5.74) is 2.61. The SMILES string of the molecule is COC(=O)c1ccc(NCc2ccccc2C)nn1. The second-order valence-electron chi connectivity index (χ2n) is 4.08. The lowest BCUT2D eigenvalue weighted by Gasteiger charge is -2.07. The van der Waals surface area contributed by atoms with E-state index < -0.39 is 5.97 Å². The fraction of sp³-hybridized carbons (Fsp3) is 0.214. The quantitative estimate of drug-likeness (QED) is 0.850. The molecule has 2 rings (SSSR count). The van der Waals surface area contributed by atoms with Crippen molar-refractivity contribution < 1.29 is 9.53 Å². The summed E-state index contributed by atoms with van der Waals surface area (Å²) in [5.74, 6) is 0.133. The molecule has 0 aliphatic rings. The number of nitrogens with one attached hydrogen (secondary N) is 1. The minimum Gasteiger partial charge on any atom is -0.464 e. The number of aryl methyl sites for hydroxylation is 1. The molecule has 0 radical (unpaired) electrons. The van der Waals surface area contributed by atoms with Crippen LogP contribution in [-0.2, 0) is 11.3 Å². The van der Waals surface area contributed by atoms with Crippen molar-refractivity contribution in [1.29, 1.82) is 0 Å². The Morgan fingerprint density at radius 2 is 2.00 bits per heavy atom. The number of aromatic nitrogens is 2. The predicted octanol–water partition coefficient (Wildman–Crippen LogP) is 2.18. The van der Waals surface area contributed by atoms with Crippen molar-refractivity contribution in [1.82, 2.24) is 10.2 Å². The number of nitrogens with zero attached hydrogens (tertiary/aromatic N) is 2. The van der Waals surface area contributed by atoms with Crippen molar-refractivity contribution in [2.75, 3.05) is 12.4 Å². The zero-order valence-electron chi connectivity index (χ0n) is 10.9. The van der Waals surface area contributed by atoms with Crippen LogP contribution in [0.2, 0.25) is 0 Å². The van der Waals surface area contributed by atoms with E-state index in [1.54, 1.807) is 12.1 Å². The van der Waals surface area contributed by atoms with E-state index >= 15 is 0 Å². The van der Waals surface area contributed by atoms with Gasteiger partial charge in [-0.1, -0.05) is 24.3 Å². The Bertz CT molecular complexity index is 567. The first-order valence-electron chi connectivity index (χ1n) is 5.91. The van der Waals surface area contributed by atoms with Crippen LogP contribution < -0.4 is 5.32 Å². The molecule has 98 valence electrons. The lowest BCUT2D eigenvalue weighted by Crippen LogP contribution is -2.08. The van der Waals surface area contributed by atoms with E-state index in [1.165, 1.54) is 18.2 Å². The maximum Gasteiger partial charge on any atom is 0.358 e. The van der Waals surface area contributed by atoms with Gasteiger partial charge in [0, 0.05) is 6.54 Å². The average Bonchev–Trinajstić information content (AvgIpc) is 2.46. The molecule has 5 heteroatoms. The summed E-state index contributed by atoms with van der Waals surface area (Å²) in [4.78, 5) is 11.2. The molecule has 0 amide bonds. The minimum absolute atomic E-state index is 0.198. The lowest BCUT2D eigenvalue weighted by atomic mass is 10.1. The highest BCUT2D eigenvalue weighted by atomic mass is 16.5. The van der Waals surface area contributed by atoms with Gasteiger partial charge in [-0.25, -0.2) is 4.79 Å². The van der Waals surface area contributed by atoms with Crippen LogP contribution in [-0.4, -0.2) is 23.3 Å². The molecule has 0 unspecified atom stereocenters. The second-order valence-corrected chi connectivity index (χ2v) is 4.08. The minimum atomic E-state index is -0.488. The number of hydrogen-bond acceptors (Lipinski definition) is 5. The van der Waals surface area contributed by atoms with Gasteiger partial charge in [0.2, 0.25) is 0 Å². The number of benzene rings is 1. The smallest absolute Gasteiger partial charge is 0.358 e. The molecule has 0 saturated heterocycles. The van der Waals surface area contributed by atoms with Crippen LogP contribution in [0.3, 0.4) is 0 Å². The van der Waals surface area contributed by atoms with Crippen LogP contribution in [0.5, 0.6) is 0 Å². The number of carbonyl (C=O) groups excluding carboxylic acids is 1. The Kier molecular flexibility index (Phi) is 4.07. The fourth-order valence-corrected chi connectivity index (χ4v) is 1.63. The molecule has 0 spiro atoms. The third-order valence-electron chi connectivity index (χ3n) is 2.78. The van der Waals surface area contributed by atoms with Crippen LogP contribution in [0.15, 0.2) is 36.4 Å². The van der Waals surface area contributed by atoms with Crippen molar-refractivity contribution in [3.05, 3.63) is 53.2 Å². The molecule has 1 heterocycles. The van der Waals surface area contributed by atoms with E-state index in [4.69, 9.17) is 0 Å². The average molecular weight is 257 g/mol. The Morgan fingerprint density at radius 3 is 2.63 bits per heavy atom. The maximum absolute atomic E-state index is 11.2. The Labute approximate surface area is 111 Å².